The topological polar surface area (TPSA) is 101 Å². The van der Waals surface area contributed by atoms with Crippen LogP contribution in [-0.2, 0) is 9.53 Å². The molecule has 0 saturated carbocycles. The fourth-order valence-corrected chi connectivity index (χ4v) is 1.81. The van der Waals surface area contributed by atoms with Crippen molar-refractivity contribution in [3.8, 4) is 5.88 Å². The summed E-state index contributed by atoms with van der Waals surface area (Å²) >= 11 is 0. The van der Waals surface area contributed by atoms with Crippen molar-refractivity contribution in [1.82, 2.24) is 9.55 Å². The van der Waals surface area contributed by atoms with E-state index in [1.165, 1.54) is 14.0 Å². The summed E-state index contributed by atoms with van der Waals surface area (Å²) in [7, 11) is 1.20. The zero-order chi connectivity index (χ0) is 14.7. The molecule has 7 heteroatoms. The number of aromatic hydroxyl groups is 1. The lowest BCUT2D eigenvalue weighted by atomic mass is 10.0. The first-order valence-corrected chi connectivity index (χ1v) is 5.91. The summed E-state index contributed by atoms with van der Waals surface area (Å²) in [6, 6.07) is -0.965. The summed E-state index contributed by atoms with van der Waals surface area (Å²) in [6.45, 7) is 5.11. The van der Waals surface area contributed by atoms with Crippen LogP contribution >= 0.6 is 0 Å². The highest BCUT2D eigenvalue weighted by Crippen LogP contribution is 2.22. The van der Waals surface area contributed by atoms with Crippen LogP contribution in [0.4, 0.5) is 0 Å². The molecule has 1 rings (SSSR count). The normalized spacial score (nSPS) is 12.5. The smallest absolute Gasteiger partial charge is 0.331 e. The number of aromatic nitrogens is 2. The third-order valence-corrected chi connectivity index (χ3v) is 2.82. The van der Waals surface area contributed by atoms with Gasteiger partial charge in [0.15, 0.2) is 0 Å². The molecular formula is C12H18N2O5. The number of hydrogen-bond acceptors (Lipinski definition) is 5. The number of ether oxygens (including phenoxy) is 1. The molecule has 106 valence electrons. The molecule has 7 nitrogen and oxygen atoms in total. The fourth-order valence-electron chi connectivity index (χ4n) is 1.81. The molecule has 0 saturated heterocycles. The van der Waals surface area contributed by atoms with Crippen LogP contribution in [-0.4, -0.2) is 27.7 Å². The van der Waals surface area contributed by atoms with Gasteiger partial charge < -0.3 is 9.84 Å². The van der Waals surface area contributed by atoms with Gasteiger partial charge in [0.25, 0.3) is 5.56 Å². The number of hydrogen-bond donors (Lipinski definition) is 2. The fraction of sp³-hybridized carbons (Fsp3) is 0.583. The third-order valence-electron chi connectivity index (χ3n) is 2.82. The van der Waals surface area contributed by atoms with Gasteiger partial charge in [-0.2, -0.15) is 0 Å². The summed E-state index contributed by atoms with van der Waals surface area (Å²) in [6.07, 6.45) is 0.311. The first kappa shape index (κ1) is 15.0. The van der Waals surface area contributed by atoms with Gasteiger partial charge in [0.05, 0.1) is 12.7 Å². The zero-order valence-electron chi connectivity index (χ0n) is 11.4. The average Bonchev–Trinajstić information content (AvgIpc) is 2.33. The number of esters is 1. The van der Waals surface area contributed by atoms with Crippen molar-refractivity contribution < 1.29 is 14.6 Å². The van der Waals surface area contributed by atoms with Crippen molar-refractivity contribution in [3.05, 3.63) is 26.4 Å². The van der Waals surface area contributed by atoms with E-state index >= 15 is 0 Å². The van der Waals surface area contributed by atoms with E-state index < -0.39 is 29.1 Å². The lowest BCUT2D eigenvalue weighted by molar-refractivity contribution is -0.145. The third kappa shape index (κ3) is 3.04. The molecule has 1 aromatic rings. The molecule has 0 aliphatic carbocycles. The first-order valence-electron chi connectivity index (χ1n) is 5.91. The zero-order valence-corrected chi connectivity index (χ0v) is 11.4. The number of nitrogens with one attached hydrogen (secondary N) is 1. The molecule has 1 atom stereocenters. The van der Waals surface area contributed by atoms with Crippen molar-refractivity contribution in [2.24, 2.45) is 5.92 Å². The Morgan fingerprint density at radius 1 is 1.42 bits per heavy atom. The summed E-state index contributed by atoms with van der Waals surface area (Å²) in [5, 5.41) is 9.92. The molecular weight excluding hydrogens is 252 g/mol. The summed E-state index contributed by atoms with van der Waals surface area (Å²) in [5.74, 6) is -1.05. The number of carbonyl (C=O) groups is 1. The van der Waals surface area contributed by atoms with E-state index in [0.29, 0.717) is 6.42 Å². The van der Waals surface area contributed by atoms with Crippen molar-refractivity contribution >= 4 is 5.97 Å². The maximum absolute atomic E-state index is 11.8. The van der Waals surface area contributed by atoms with Gasteiger partial charge in [0.2, 0.25) is 5.88 Å². The van der Waals surface area contributed by atoms with Crippen LogP contribution in [0.25, 0.3) is 0 Å². The van der Waals surface area contributed by atoms with Gasteiger partial charge in [0, 0.05) is 0 Å². The van der Waals surface area contributed by atoms with Crippen LogP contribution in [0.5, 0.6) is 5.88 Å². The Morgan fingerprint density at radius 3 is 2.47 bits per heavy atom. The summed E-state index contributed by atoms with van der Waals surface area (Å²) in [4.78, 5) is 37.0. The molecule has 0 amide bonds. The Hall–Kier alpha value is -2.05. The highest BCUT2D eigenvalue weighted by Gasteiger charge is 2.27. The van der Waals surface area contributed by atoms with Crippen LogP contribution < -0.4 is 11.2 Å². The second-order valence-corrected chi connectivity index (χ2v) is 4.75. The predicted octanol–water partition coefficient (Wildman–Crippen LogP) is 0.311. The van der Waals surface area contributed by atoms with E-state index in [9.17, 15) is 19.5 Å². The summed E-state index contributed by atoms with van der Waals surface area (Å²) in [5.41, 5.74) is -1.52. The van der Waals surface area contributed by atoms with Gasteiger partial charge in [-0.05, 0) is 19.3 Å². The molecule has 0 bridgehead atoms. The lowest BCUT2D eigenvalue weighted by Gasteiger charge is -2.20. The second-order valence-electron chi connectivity index (χ2n) is 4.75. The van der Waals surface area contributed by atoms with E-state index in [1.54, 1.807) is 0 Å². The van der Waals surface area contributed by atoms with E-state index in [2.05, 4.69) is 9.72 Å². The van der Waals surface area contributed by atoms with Gasteiger partial charge in [-0.1, -0.05) is 13.8 Å². The Labute approximate surface area is 109 Å². The lowest BCUT2D eigenvalue weighted by Crippen LogP contribution is -2.37. The van der Waals surface area contributed by atoms with Crippen molar-refractivity contribution in [3.63, 3.8) is 0 Å². The van der Waals surface area contributed by atoms with Gasteiger partial charge in [-0.3, -0.25) is 9.78 Å². The van der Waals surface area contributed by atoms with Gasteiger partial charge in [-0.15, -0.1) is 0 Å². The molecule has 19 heavy (non-hydrogen) atoms. The van der Waals surface area contributed by atoms with Crippen LogP contribution in [0.3, 0.4) is 0 Å². The van der Waals surface area contributed by atoms with Crippen LogP contribution in [0.2, 0.25) is 0 Å². The van der Waals surface area contributed by atoms with Crippen molar-refractivity contribution in [2.75, 3.05) is 7.11 Å². The van der Waals surface area contributed by atoms with Gasteiger partial charge >= 0.3 is 11.7 Å². The molecule has 2 N–H and O–H groups in total. The van der Waals surface area contributed by atoms with E-state index in [4.69, 9.17) is 0 Å². The number of carbonyl (C=O) groups excluding carboxylic acids is 1. The highest BCUT2D eigenvalue weighted by atomic mass is 16.5. The SMILES string of the molecule is COC(=O)C(CC(C)C)n1c(O)c(C)c(=O)[nH]c1=O. The second kappa shape index (κ2) is 5.73. The first-order chi connectivity index (χ1) is 8.79. The maximum Gasteiger partial charge on any atom is 0.331 e. The van der Waals surface area contributed by atoms with Gasteiger partial charge in [-0.25, -0.2) is 14.2 Å². The number of rotatable bonds is 4. The van der Waals surface area contributed by atoms with Crippen molar-refractivity contribution in [1.29, 1.82) is 0 Å². The average molecular weight is 270 g/mol. The van der Waals surface area contributed by atoms with Crippen LogP contribution in [0.15, 0.2) is 9.59 Å². The number of methoxy groups -OCH3 is 1. The number of H-pyrrole nitrogens is 1. The molecule has 0 aliphatic heterocycles. The largest absolute Gasteiger partial charge is 0.494 e. The summed E-state index contributed by atoms with van der Waals surface area (Å²) < 4.78 is 5.51. The minimum Gasteiger partial charge on any atom is -0.494 e. The molecule has 1 heterocycles. The molecule has 1 aromatic heterocycles. The molecule has 1 unspecified atom stereocenters. The quantitative estimate of drug-likeness (QED) is 0.767. The Bertz CT molecular complexity index is 585. The molecule has 0 aliphatic rings. The minimum absolute atomic E-state index is 0.0164. The van der Waals surface area contributed by atoms with E-state index in [1.807, 2.05) is 13.8 Å². The molecule has 0 fully saturated rings. The van der Waals surface area contributed by atoms with E-state index in [-0.39, 0.29) is 11.5 Å². The Morgan fingerprint density at radius 2 is 2.00 bits per heavy atom. The van der Waals surface area contributed by atoms with Crippen LogP contribution in [0.1, 0.15) is 31.9 Å². The van der Waals surface area contributed by atoms with Crippen LogP contribution in [0, 0.1) is 12.8 Å². The molecule has 0 spiro atoms. The predicted molar refractivity (Wildman–Crippen MR) is 68.2 cm³/mol. The maximum atomic E-state index is 11.8. The highest BCUT2D eigenvalue weighted by molar-refractivity contribution is 5.74. The monoisotopic (exact) mass is 270 g/mol. The Balaban J connectivity index is 3.46. The van der Waals surface area contributed by atoms with Gasteiger partial charge in [0.1, 0.15) is 6.04 Å². The minimum atomic E-state index is -0.965. The van der Waals surface area contributed by atoms with E-state index in [0.717, 1.165) is 4.57 Å². The Kier molecular flexibility index (Phi) is 4.52. The van der Waals surface area contributed by atoms with Crippen molar-refractivity contribution in [2.45, 2.75) is 33.2 Å². The molecule has 0 radical (unpaired) electrons. The number of aromatic amines is 1. The standard InChI is InChI=1S/C12H18N2O5/c1-6(2)5-8(11(17)19-4)14-10(16)7(3)9(15)13-12(14)18/h6,8,16H,5H2,1-4H3,(H,13,15,18). The molecule has 0 aromatic carbocycles. The number of nitrogens with zero attached hydrogens (tertiary/aromatic N) is 1.